The predicted octanol–water partition coefficient (Wildman–Crippen LogP) is 1.32. The van der Waals surface area contributed by atoms with Crippen molar-refractivity contribution in [2.75, 3.05) is 5.88 Å². The molecule has 1 aromatic rings. The van der Waals surface area contributed by atoms with Gasteiger partial charge in [-0.1, -0.05) is 0 Å². The maximum Gasteiger partial charge on any atom is 0.128 e. The number of alkyl halides is 1. The molecule has 0 aliphatic rings. The Kier molecular flexibility index (Phi) is 3.19. The molecule has 0 radical (unpaired) electrons. The molecule has 0 spiro atoms. The molecule has 0 aromatic heterocycles. The highest BCUT2D eigenvalue weighted by molar-refractivity contribution is 6.19. The minimum atomic E-state index is -0.780. The summed E-state index contributed by atoms with van der Waals surface area (Å²) in [4.78, 5) is 10.6. The minimum Gasteiger partial charge on any atom is -0.508 e. The molecule has 0 bridgehead atoms. The molecule has 4 nitrogen and oxygen atoms in total. The average molecular weight is 217 g/mol. The fraction of sp³-hybridized carbons (Fsp3) is 0.222. The fourth-order valence-electron chi connectivity index (χ4n) is 1.17. The third-order valence-electron chi connectivity index (χ3n) is 1.82. The summed E-state index contributed by atoms with van der Waals surface area (Å²) in [5.41, 5.74) is 0.0350. The number of carbonyl (C=O) groups is 1. The lowest BCUT2D eigenvalue weighted by Crippen LogP contribution is -2.02. The Bertz CT molecular complexity index is 328. The van der Waals surface area contributed by atoms with Crippen LogP contribution in [0.5, 0.6) is 17.2 Å². The molecule has 0 amide bonds. The smallest absolute Gasteiger partial charge is 0.128 e. The first-order valence-corrected chi connectivity index (χ1v) is 4.39. The van der Waals surface area contributed by atoms with Crippen LogP contribution in [0.3, 0.4) is 0 Å². The van der Waals surface area contributed by atoms with Crippen LogP contribution >= 0.6 is 11.6 Å². The van der Waals surface area contributed by atoms with E-state index in [1.807, 2.05) is 0 Å². The molecule has 0 saturated carbocycles. The number of phenolic OH excluding ortho intramolecular Hbond substituents is 3. The molecule has 1 atom stereocenters. The van der Waals surface area contributed by atoms with E-state index in [1.54, 1.807) is 0 Å². The van der Waals surface area contributed by atoms with Crippen LogP contribution in [0.1, 0.15) is 11.5 Å². The van der Waals surface area contributed by atoms with Crippen molar-refractivity contribution >= 4 is 17.9 Å². The van der Waals surface area contributed by atoms with E-state index in [-0.39, 0.29) is 28.7 Å². The highest BCUT2D eigenvalue weighted by Crippen LogP contribution is 2.37. The summed E-state index contributed by atoms with van der Waals surface area (Å²) < 4.78 is 0. The van der Waals surface area contributed by atoms with E-state index >= 15 is 0 Å². The van der Waals surface area contributed by atoms with Gasteiger partial charge >= 0.3 is 0 Å². The van der Waals surface area contributed by atoms with Gasteiger partial charge in [0.15, 0.2) is 0 Å². The zero-order valence-corrected chi connectivity index (χ0v) is 7.90. The van der Waals surface area contributed by atoms with Crippen molar-refractivity contribution in [3.8, 4) is 17.2 Å². The van der Waals surface area contributed by atoms with Crippen LogP contribution in [0, 0.1) is 0 Å². The van der Waals surface area contributed by atoms with E-state index in [2.05, 4.69) is 0 Å². The van der Waals surface area contributed by atoms with Gasteiger partial charge in [-0.15, -0.1) is 11.6 Å². The van der Waals surface area contributed by atoms with E-state index in [1.165, 1.54) is 0 Å². The van der Waals surface area contributed by atoms with E-state index in [0.717, 1.165) is 12.1 Å². The van der Waals surface area contributed by atoms with Gasteiger partial charge in [-0.25, -0.2) is 0 Å². The van der Waals surface area contributed by atoms with Crippen LogP contribution in [-0.2, 0) is 4.79 Å². The van der Waals surface area contributed by atoms with Gasteiger partial charge < -0.3 is 20.1 Å². The van der Waals surface area contributed by atoms with Crippen LogP contribution in [-0.4, -0.2) is 27.5 Å². The zero-order valence-electron chi connectivity index (χ0n) is 7.14. The molecule has 1 rings (SSSR count). The van der Waals surface area contributed by atoms with Gasteiger partial charge in [0.05, 0.1) is 5.92 Å². The molecule has 0 heterocycles. The lowest BCUT2D eigenvalue weighted by Gasteiger charge is -2.11. The van der Waals surface area contributed by atoms with E-state index in [4.69, 9.17) is 16.7 Å². The van der Waals surface area contributed by atoms with Crippen molar-refractivity contribution in [2.24, 2.45) is 0 Å². The van der Waals surface area contributed by atoms with E-state index in [0.29, 0.717) is 6.29 Å². The number of aromatic hydroxyl groups is 3. The summed E-state index contributed by atoms with van der Waals surface area (Å²) in [7, 11) is 0. The van der Waals surface area contributed by atoms with Crippen molar-refractivity contribution in [1.29, 1.82) is 0 Å². The van der Waals surface area contributed by atoms with E-state index in [9.17, 15) is 15.0 Å². The van der Waals surface area contributed by atoms with Gasteiger partial charge in [0.1, 0.15) is 23.5 Å². The quantitative estimate of drug-likeness (QED) is 0.526. The molecular weight excluding hydrogens is 208 g/mol. The minimum absolute atomic E-state index is 0.0350. The Morgan fingerprint density at radius 3 is 2.14 bits per heavy atom. The summed E-state index contributed by atoms with van der Waals surface area (Å²) in [5, 5.41) is 27.7. The number of aldehydes is 1. The Morgan fingerprint density at radius 2 is 1.79 bits per heavy atom. The molecule has 0 fully saturated rings. The third-order valence-corrected chi connectivity index (χ3v) is 2.15. The highest BCUT2D eigenvalue weighted by atomic mass is 35.5. The van der Waals surface area contributed by atoms with Gasteiger partial charge in [0.2, 0.25) is 0 Å². The van der Waals surface area contributed by atoms with Gasteiger partial charge in [0.25, 0.3) is 0 Å². The number of carbonyl (C=O) groups excluding carboxylic acids is 1. The number of benzene rings is 1. The molecule has 1 aromatic carbocycles. The molecule has 0 aliphatic carbocycles. The topological polar surface area (TPSA) is 77.8 Å². The number of rotatable bonds is 3. The maximum atomic E-state index is 10.6. The summed E-state index contributed by atoms with van der Waals surface area (Å²) >= 11 is 5.47. The van der Waals surface area contributed by atoms with Gasteiger partial charge in [0, 0.05) is 23.6 Å². The van der Waals surface area contributed by atoms with Crippen LogP contribution < -0.4 is 0 Å². The Labute approximate surface area is 85.4 Å². The first-order chi connectivity index (χ1) is 6.60. The van der Waals surface area contributed by atoms with Crippen LogP contribution in [0.25, 0.3) is 0 Å². The SMILES string of the molecule is O=CC(CCl)c1c(O)cc(O)cc1O. The standard InChI is InChI=1S/C9H9ClO4/c10-3-5(4-11)9-7(13)1-6(12)2-8(9)14/h1-2,4-5,12-14H,3H2. The fourth-order valence-corrected chi connectivity index (χ4v) is 1.40. The summed E-state index contributed by atoms with van der Waals surface area (Å²) in [6.07, 6.45) is 0.527. The Morgan fingerprint density at radius 1 is 1.29 bits per heavy atom. The predicted molar refractivity (Wildman–Crippen MR) is 51.0 cm³/mol. The molecule has 76 valence electrons. The second-order valence-corrected chi connectivity index (χ2v) is 3.10. The third kappa shape index (κ3) is 1.90. The molecule has 5 heteroatoms. The Balaban J connectivity index is 3.25. The summed E-state index contributed by atoms with van der Waals surface area (Å²) in [6, 6.07) is 2.08. The number of halogens is 1. The second kappa shape index (κ2) is 4.19. The van der Waals surface area contributed by atoms with Gasteiger partial charge in [-0.3, -0.25) is 0 Å². The lowest BCUT2D eigenvalue weighted by atomic mass is 10.00. The second-order valence-electron chi connectivity index (χ2n) is 2.79. The normalized spacial score (nSPS) is 12.4. The first kappa shape index (κ1) is 10.7. The van der Waals surface area contributed by atoms with Crippen LogP contribution in [0.4, 0.5) is 0 Å². The maximum absolute atomic E-state index is 10.6. The van der Waals surface area contributed by atoms with Crippen molar-refractivity contribution in [3.05, 3.63) is 17.7 Å². The summed E-state index contributed by atoms with van der Waals surface area (Å²) in [6.45, 7) is 0. The average Bonchev–Trinajstić information content (AvgIpc) is 2.10. The number of hydrogen-bond donors (Lipinski definition) is 3. The summed E-state index contributed by atoms with van der Waals surface area (Å²) in [5.74, 6) is -1.80. The Hall–Kier alpha value is -1.42. The first-order valence-electron chi connectivity index (χ1n) is 3.86. The molecule has 3 N–H and O–H groups in total. The highest BCUT2D eigenvalue weighted by Gasteiger charge is 2.19. The monoisotopic (exact) mass is 216 g/mol. The van der Waals surface area contributed by atoms with Crippen LogP contribution in [0.2, 0.25) is 0 Å². The van der Waals surface area contributed by atoms with Crippen LogP contribution in [0.15, 0.2) is 12.1 Å². The molecule has 1 unspecified atom stereocenters. The molecule has 0 saturated heterocycles. The zero-order chi connectivity index (χ0) is 10.7. The van der Waals surface area contributed by atoms with Crippen molar-refractivity contribution in [1.82, 2.24) is 0 Å². The lowest BCUT2D eigenvalue weighted by molar-refractivity contribution is -0.108. The van der Waals surface area contributed by atoms with Gasteiger partial charge in [-0.05, 0) is 0 Å². The molecule has 0 aliphatic heterocycles. The number of hydrogen-bond acceptors (Lipinski definition) is 4. The van der Waals surface area contributed by atoms with Gasteiger partial charge in [-0.2, -0.15) is 0 Å². The van der Waals surface area contributed by atoms with Crippen molar-refractivity contribution in [2.45, 2.75) is 5.92 Å². The van der Waals surface area contributed by atoms with E-state index < -0.39 is 5.92 Å². The largest absolute Gasteiger partial charge is 0.508 e. The molecular formula is C9H9ClO4. The number of phenols is 3. The van der Waals surface area contributed by atoms with Crippen molar-refractivity contribution in [3.63, 3.8) is 0 Å². The molecule has 14 heavy (non-hydrogen) atoms. The van der Waals surface area contributed by atoms with Crippen molar-refractivity contribution < 1.29 is 20.1 Å².